The van der Waals surface area contributed by atoms with E-state index in [0.717, 1.165) is 19.4 Å². The molecule has 2 unspecified atom stereocenters. The molecular formula is C19H32O3Si. The highest BCUT2D eigenvalue weighted by molar-refractivity contribution is 6.74. The first-order chi connectivity index (χ1) is 10.8. The van der Waals surface area contributed by atoms with Crippen LogP contribution in [0.3, 0.4) is 0 Å². The zero-order valence-corrected chi connectivity index (χ0v) is 16.3. The minimum atomic E-state index is -1.79. The zero-order valence-electron chi connectivity index (χ0n) is 15.3. The summed E-state index contributed by atoms with van der Waals surface area (Å²) in [4.78, 5) is 0. The molecule has 0 N–H and O–H groups in total. The third-order valence-electron chi connectivity index (χ3n) is 5.03. The predicted molar refractivity (Wildman–Crippen MR) is 97.0 cm³/mol. The lowest BCUT2D eigenvalue weighted by Crippen LogP contribution is -2.42. The van der Waals surface area contributed by atoms with Gasteiger partial charge in [-0.05, 0) is 43.0 Å². The lowest BCUT2D eigenvalue weighted by atomic mass is 10.1. The van der Waals surface area contributed by atoms with Gasteiger partial charge in [0.1, 0.15) is 6.10 Å². The summed E-state index contributed by atoms with van der Waals surface area (Å²) in [6, 6.07) is 10.4. The maximum atomic E-state index is 6.41. The fourth-order valence-electron chi connectivity index (χ4n) is 2.38. The van der Waals surface area contributed by atoms with Gasteiger partial charge in [0, 0.05) is 6.61 Å². The van der Waals surface area contributed by atoms with Crippen molar-refractivity contribution in [2.75, 3.05) is 13.2 Å². The molecule has 0 aromatic heterocycles. The van der Waals surface area contributed by atoms with Crippen LogP contribution < -0.4 is 0 Å². The van der Waals surface area contributed by atoms with Crippen LogP contribution in [0.25, 0.3) is 0 Å². The topological polar surface area (TPSA) is 27.7 Å². The van der Waals surface area contributed by atoms with Crippen LogP contribution in [0.15, 0.2) is 30.3 Å². The van der Waals surface area contributed by atoms with Crippen LogP contribution in [0.5, 0.6) is 0 Å². The number of hydrogen-bond acceptors (Lipinski definition) is 3. The van der Waals surface area contributed by atoms with Crippen LogP contribution in [0, 0.1) is 0 Å². The van der Waals surface area contributed by atoms with Crippen molar-refractivity contribution >= 4 is 8.32 Å². The van der Waals surface area contributed by atoms with Gasteiger partial charge in [-0.15, -0.1) is 0 Å². The Kier molecular flexibility index (Phi) is 6.43. The third kappa shape index (κ3) is 5.42. The molecule has 2 atom stereocenters. The van der Waals surface area contributed by atoms with Crippen LogP contribution in [-0.4, -0.2) is 27.8 Å². The summed E-state index contributed by atoms with van der Waals surface area (Å²) in [5.41, 5.74) is 1.17. The summed E-state index contributed by atoms with van der Waals surface area (Å²) in [5, 5.41) is 0.204. The molecule has 23 heavy (non-hydrogen) atoms. The zero-order chi connectivity index (χ0) is 16.9. The second-order valence-electron chi connectivity index (χ2n) is 7.90. The molecule has 2 rings (SSSR count). The molecule has 1 fully saturated rings. The van der Waals surface area contributed by atoms with Gasteiger partial charge in [-0.3, -0.25) is 0 Å². The monoisotopic (exact) mass is 336 g/mol. The summed E-state index contributed by atoms with van der Waals surface area (Å²) in [5.74, 6) is 0. The molecule has 0 saturated carbocycles. The van der Waals surface area contributed by atoms with Crippen molar-refractivity contribution in [1.82, 2.24) is 0 Å². The third-order valence-corrected chi connectivity index (χ3v) is 9.53. The van der Waals surface area contributed by atoms with Crippen LogP contribution in [0.4, 0.5) is 0 Å². The summed E-state index contributed by atoms with van der Waals surface area (Å²) in [7, 11) is -1.79. The quantitative estimate of drug-likeness (QED) is 0.660. The fraction of sp³-hybridized carbons (Fsp3) is 0.684. The first-order valence-corrected chi connectivity index (χ1v) is 11.7. The van der Waals surface area contributed by atoms with E-state index in [-0.39, 0.29) is 17.4 Å². The molecule has 0 spiro atoms. The SMILES string of the molecule is CC(C)(C)[Si](C)(C)OCC(OC1CCCCO1)c1ccccc1. The molecule has 4 heteroatoms. The second-order valence-corrected chi connectivity index (χ2v) is 12.7. The summed E-state index contributed by atoms with van der Waals surface area (Å²) in [6.45, 7) is 12.8. The molecule has 0 radical (unpaired) electrons. The standard InChI is InChI=1S/C19H32O3Si/c1-19(2,3)23(4,5)21-15-17(16-11-7-6-8-12-16)22-18-13-9-10-14-20-18/h6-8,11-12,17-18H,9-10,13-15H2,1-5H3. The van der Waals surface area contributed by atoms with Crippen molar-refractivity contribution in [3.63, 3.8) is 0 Å². The van der Waals surface area contributed by atoms with E-state index in [1.54, 1.807) is 0 Å². The molecular weight excluding hydrogens is 304 g/mol. The van der Waals surface area contributed by atoms with Gasteiger partial charge in [0.05, 0.1) is 6.61 Å². The Bertz CT molecular complexity index is 461. The van der Waals surface area contributed by atoms with Crippen LogP contribution >= 0.6 is 0 Å². The molecule has 1 saturated heterocycles. The van der Waals surface area contributed by atoms with Crippen molar-refractivity contribution in [1.29, 1.82) is 0 Å². The van der Waals surface area contributed by atoms with E-state index in [2.05, 4.69) is 58.1 Å². The van der Waals surface area contributed by atoms with E-state index in [1.165, 1.54) is 12.0 Å². The molecule has 1 aliphatic heterocycles. The normalized spacial score (nSPS) is 21.2. The fourth-order valence-corrected chi connectivity index (χ4v) is 3.39. The van der Waals surface area contributed by atoms with Crippen molar-refractivity contribution in [2.24, 2.45) is 0 Å². The minimum Gasteiger partial charge on any atom is -0.414 e. The van der Waals surface area contributed by atoms with Crippen molar-refractivity contribution < 1.29 is 13.9 Å². The molecule has 130 valence electrons. The lowest BCUT2D eigenvalue weighted by molar-refractivity contribution is -0.195. The average Bonchev–Trinajstić information content (AvgIpc) is 2.52. The summed E-state index contributed by atoms with van der Waals surface area (Å²) in [6.07, 6.45) is 3.13. The van der Waals surface area contributed by atoms with Crippen LogP contribution in [0.2, 0.25) is 18.1 Å². The van der Waals surface area contributed by atoms with Gasteiger partial charge < -0.3 is 13.9 Å². The maximum Gasteiger partial charge on any atom is 0.192 e. The van der Waals surface area contributed by atoms with E-state index in [0.29, 0.717) is 6.61 Å². The number of benzene rings is 1. The summed E-state index contributed by atoms with van der Waals surface area (Å²) >= 11 is 0. The van der Waals surface area contributed by atoms with E-state index < -0.39 is 8.32 Å². The first-order valence-electron chi connectivity index (χ1n) is 8.75. The Morgan fingerprint density at radius 1 is 1.17 bits per heavy atom. The van der Waals surface area contributed by atoms with Crippen molar-refractivity contribution in [2.45, 2.75) is 70.6 Å². The molecule has 0 amide bonds. The molecule has 3 nitrogen and oxygen atoms in total. The van der Waals surface area contributed by atoms with E-state index in [1.807, 2.05) is 6.07 Å². The second kappa shape index (κ2) is 7.93. The van der Waals surface area contributed by atoms with Crippen LogP contribution in [0.1, 0.15) is 51.7 Å². The van der Waals surface area contributed by atoms with Crippen molar-refractivity contribution in [3.05, 3.63) is 35.9 Å². The van der Waals surface area contributed by atoms with E-state index >= 15 is 0 Å². The highest BCUT2D eigenvalue weighted by atomic mass is 28.4. The van der Waals surface area contributed by atoms with Gasteiger partial charge >= 0.3 is 0 Å². The van der Waals surface area contributed by atoms with Gasteiger partial charge in [-0.25, -0.2) is 0 Å². The van der Waals surface area contributed by atoms with Gasteiger partial charge in [-0.2, -0.15) is 0 Å². The Hall–Kier alpha value is -0.683. The largest absolute Gasteiger partial charge is 0.414 e. The van der Waals surface area contributed by atoms with Crippen LogP contribution in [-0.2, 0) is 13.9 Å². The smallest absolute Gasteiger partial charge is 0.192 e. The number of hydrogen-bond donors (Lipinski definition) is 0. The molecule has 0 bridgehead atoms. The maximum absolute atomic E-state index is 6.41. The minimum absolute atomic E-state index is 0.0616. The Labute approximate surface area is 142 Å². The van der Waals surface area contributed by atoms with E-state index in [9.17, 15) is 0 Å². The highest BCUT2D eigenvalue weighted by Gasteiger charge is 2.38. The predicted octanol–water partition coefficient (Wildman–Crippen LogP) is 5.29. The molecule has 1 aromatic rings. The number of ether oxygens (including phenoxy) is 2. The van der Waals surface area contributed by atoms with E-state index in [4.69, 9.17) is 13.9 Å². The lowest BCUT2D eigenvalue weighted by Gasteiger charge is -2.38. The number of rotatable bonds is 6. The Balaban J connectivity index is 2.04. The van der Waals surface area contributed by atoms with Gasteiger partial charge in [0.25, 0.3) is 0 Å². The van der Waals surface area contributed by atoms with Crippen molar-refractivity contribution in [3.8, 4) is 0 Å². The Morgan fingerprint density at radius 3 is 2.43 bits per heavy atom. The van der Waals surface area contributed by atoms with Gasteiger partial charge in [0.2, 0.25) is 0 Å². The molecule has 1 aliphatic rings. The molecule has 1 heterocycles. The highest BCUT2D eigenvalue weighted by Crippen LogP contribution is 2.37. The van der Waals surface area contributed by atoms with Gasteiger partial charge in [0.15, 0.2) is 14.6 Å². The molecule has 1 aromatic carbocycles. The first kappa shape index (κ1) is 18.7. The summed E-state index contributed by atoms with van der Waals surface area (Å²) < 4.78 is 18.4. The average molecular weight is 337 g/mol. The molecule has 0 aliphatic carbocycles. The Morgan fingerprint density at radius 2 is 1.87 bits per heavy atom. The van der Waals surface area contributed by atoms with Gasteiger partial charge in [-0.1, -0.05) is 51.1 Å².